The first kappa shape index (κ1) is 14.7. The first-order chi connectivity index (χ1) is 10.6. The van der Waals surface area contributed by atoms with Crippen LogP contribution in [-0.2, 0) is 0 Å². The van der Waals surface area contributed by atoms with Gasteiger partial charge in [0.25, 0.3) is 0 Å². The number of rotatable bonds is 3. The molecule has 0 fully saturated rings. The fraction of sp³-hybridized carbons (Fsp3) is 0.0625. The Morgan fingerprint density at radius 3 is 2.55 bits per heavy atom. The van der Waals surface area contributed by atoms with Crippen LogP contribution < -0.4 is 10.5 Å². The van der Waals surface area contributed by atoms with Crippen molar-refractivity contribution in [3.05, 3.63) is 57.7 Å². The molecule has 2 aromatic carbocycles. The maximum atomic E-state index is 8.08. The van der Waals surface area contributed by atoms with Crippen molar-refractivity contribution in [2.75, 3.05) is 11.9 Å². The Morgan fingerprint density at radius 1 is 1.14 bits per heavy atom. The van der Waals surface area contributed by atoms with Gasteiger partial charge in [0.2, 0.25) is 5.62 Å². The first-order valence-corrected chi connectivity index (χ1v) is 7.76. The summed E-state index contributed by atoms with van der Waals surface area (Å²) < 4.78 is 2.58. The molecule has 0 aliphatic heterocycles. The maximum absolute atomic E-state index is 8.08. The molecule has 0 saturated carbocycles. The summed E-state index contributed by atoms with van der Waals surface area (Å²) in [4.78, 5) is 6.37. The van der Waals surface area contributed by atoms with Gasteiger partial charge in [0.15, 0.2) is 0 Å². The zero-order valence-corrected chi connectivity index (χ0v) is 14.1. The summed E-state index contributed by atoms with van der Waals surface area (Å²) in [6.07, 6.45) is 1.12. The number of nitrogens with zero attached hydrogens (tertiary/aromatic N) is 3. The van der Waals surface area contributed by atoms with E-state index in [1.165, 1.54) is 4.57 Å². The lowest BCUT2D eigenvalue weighted by molar-refractivity contribution is 0.915. The minimum absolute atomic E-state index is 0.0430. The first-order valence-electron chi connectivity index (χ1n) is 6.68. The number of fused-ring (bicyclic) bond motifs is 1. The zero-order valence-electron chi connectivity index (χ0n) is 11.9. The number of hydrogen-bond acceptors (Lipinski definition) is 4. The summed E-state index contributed by atoms with van der Waals surface area (Å²) in [6, 6.07) is 15.7. The normalized spacial score (nSPS) is 10.6. The van der Waals surface area contributed by atoms with Crippen LogP contribution in [0.25, 0.3) is 10.9 Å². The summed E-state index contributed by atoms with van der Waals surface area (Å²) >= 11 is 2.29. The van der Waals surface area contributed by atoms with Crippen LogP contribution in [0.15, 0.2) is 48.5 Å². The van der Waals surface area contributed by atoms with E-state index in [-0.39, 0.29) is 5.62 Å². The number of nitrogens with one attached hydrogen (secondary N) is 2. The minimum atomic E-state index is 0.0430. The molecule has 5 nitrogen and oxygen atoms in total. The molecule has 0 radical (unpaired) electrons. The van der Waals surface area contributed by atoms with Crippen molar-refractivity contribution in [1.29, 1.82) is 10.8 Å². The summed E-state index contributed by atoms with van der Waals surface area (Å²) in [5.41, 5.74) is 1.87. The van der Waals surface area contributed by atoms with E-state index < -0.39 is 0 Å². The van der Waals surface area contributed by atoms with E-state index in [4.69, 9.17) is 10.8 Å². The summed E-state index contributed by atoms with van der Waals surface area (Å²) in [5.74, 6) is 0.711. The van der Waals surface area contributed by atoms with Gasteiger partial charge in [-0.05, 0) is 46.9 Å². The van der Waals surface area contributed by atoms with Crippen molar-refractivity contribution < 1.29 is 0 Å². The van der Waals surface area contributed by atoms with Crippen LogP contribution in [-0.4, -0.2) is 22.9 Å². The number of para-hydroxylation sites is 2. The number of hydrogen-bond donors (Lipinski definition) is 2. The predicted molar refractivity (Wildman–Crippen MR) is 97.0 cm³/mol. The maximum Gasteiger partial charge on any atom is 0.229 e. The summed E-state index contributed by atoms with van der Waals surface area (Å²) in [7, 11) is 1.94. The van der Waals surface area contributed by atoms with Crippen LogP contribution in [0.3, 0.4) is 0 Å². The molecule has 2 N–H and O–H groups in total. The van der Waals surface area contributed by atoms with Crippen LogP contribution in [0.2, 0.25) is 0 Å². The Labute approximate surface area is 141 Å². The average Bonchev–Trinajstić information content (AvgIpc) is 2.54. The molecule has 0 saturated heterocycles. The predicted octanol–water partition coefficient (Wildman–Crippen LogP) is 3.34. The molecule has 1 heterocycles. The van der Waals surface area contributed by atoms with Gasteiger partial charge in [-0.1, -0.05) is 24.3 Å². The Balaban J connectivity index is 2.30. The molecular formula is C16H14IN5. The second-order valence-corrected chi connectivity index (χ2v) is 5.95. The summed E-state index contributed by atoms with van der Waals surface area (Å²) in [5, 5.41) is 16.5. The van der Waals surface area contributed by atoms with Crippen molar-refractivity contribution >= 4 is 51.3 Å². The number of anilines is 2. The lowest BCUT2D eigenvalue weighted by Crippen LogP contribution is -2.26. The Bertz CT molecular complexity index is 916. The van der Waals surface area contributed by atoms with Crippen LogP contribution in [0.5, 0.6) is 0 Å². The highest BCUT2D eigenvalue weighted by Crippen LogP contribution is 2.30. The van der Waals surface area contributed by atoms with Crippen molar-refractivity contribution in [1.82, 2.24) is 9.55 Å². The molecule has 0 bridgehead atoms. The van der Waals surface area contributed by atoms with E-state index in [1.54, 1.807) is 0 Å². The van der Waals surface area contributed by atoms with Gasteiger partial charge in [-0.25, -0.2) is 0 Å². The SMILES string of the molecule is CN(c1ccccc1I)c1nc(=N)n(C=N)c2ccccc12. The average molecular weight is 403 g/mol. The lowest BCUT2D eigenvalue weighted by Gasteiger charge is -2.22. The number of aromatic nitrogens is 2. The van der Waals surface area contributed by atoms with Crippen molar-refractivity contribution in [2.24, 2.45) is 0 Å². The van der Waals surface area contributed by atoms with Gasteiger partial charge in [0.1, 0.15) is 5.82 Å². The van der Waals surface area contributed by atoms with Gasteiger partial charge >= 0.3 is 0 Å². The van der Waals surface area contributed by atoms with Crippen LogP contribution in [0, 0.1) is 14.4 Å². The highest BCUT2D eigenvalue weighted by atomic mass is 127. The molecule has 1 aromatic heterocycles. The van der Waals surface area contributed by atoms with Gasteiger partial charge in [0, 0.05) is 16.0 Å². The molecule has 6 heteroatoms. The molecule has 0 aliphatic carbocycles. The topological polar surface area (TPSA) is 68.8 Å². The minimum Gasteiger partial charge on any atom is -0.328 e. The third-order valence-electron chi connectivity index (χ3n) is 3.51. The van der Waals surface area contributed by atoms with E-state index in [9.17, 15) is 0 Å². The van der Waals surface area contributed by atoms with Gasteiger partial charge in [-0.3, -0.25) is 15.4 Å². The zero-order chi connectivity index (χ0) is 15.7. The third-order valence-corrected chi connectivity index (χ3v) is 4.42. The lowest BCUT2D eigenvalue weighted by atomic mass is 10.2. The second kappa shape index (κ2) is 5.88. The number of benzene rings is 2. The van der Waals surface area contributed by atoms with Crippen LogP contribution in [0.1, 0.15) is 0 Å². The molecule has 110 valence electrons. The van der Waals surface area contributed by atoms with Crippen LogP contribution in [0.4, 0.5) is 11.5 Å². The van der Waals surface area contributed by atoms with Crippen LogP contribution >= 0.6 is 22.6 Å². The molecule has 3 aromatic rings. The van der Waals surface area contributed by atoms with Gasteiger partial charge in [-0.15, -0.1) is 0 Å². The quantitative estimate of drug-likeness (QED) is 0.400. The molecule has 3 rings (SSSR count). The monoisotopic (exact) mass is 403 g/mol. The highest BCUT2D eigenvalue weighted by Gasteiger charge is 2.14. The summed E-state index contributed by atoms with van der Waals surface area (Å²) in [6.45, 7) is 0. The van der Waals surface area contributed by atoms with E-state index in [2.05, 4.69) is 27.6 Å². The Hall–Kier alpha value is -2.22. The molecule has 0 amide bonds. The smallest absolute Gasteiger partial charge is 0.229 e. The Kier molecular flexibility index (Phi) is 3.93. The number of halogens is 1. The molecule has 0 aliphatic rings. The fourth-order valence-corrected chi connectivity index (χ4v) is 3.17. The molecular weight excluding hydrogens is 389 g/mol. The largest absolute Gasteiger partial charge is 0.328 e. The Morgan fingerprint density at radius 2 is 1.82 bits per heavy atom. The third kappa shape index (κ3) is 2.39. The van der Waals surface area contributed by atoms with Gasteiger partial charge < -0.3 is 4.90 Å². The molecule has 0 unspecified atom stereocenters. The van der Waals surface area contributed by atoms with E-state index in [1.807, 2.05) is 60.5 Å². The standard InChI is InChI=1S/C16H14IN5/c1-21(14-9-5-3-7-12(14)17)15-11-6-2-4-8-13(11)22(10-18)16(19)20-15/h2-10,18-19H,1H3. The van der Waals surface area contributed by atoms with Crippen molar-refractivity contribution in [2.45, 2.75) is 0 Å². The second-order valence-electron chi connectivity index (χ2n) is 4.79. The van der Waals surface area contributed by atoms with Crippen molar-refractivity contribution in [3.8, 4) is 0 Å². The van der Waals surface area contributed by atoms with Gasteiger partial charge in [0.05, 0.1) is 17.5 Å². The highest BCUT2D eigenvalue weighted by molar-refractivity contribution is 14.1. The molecule has 0 spiro atoms. The molecule has 22 heavy (non-hydrogen) atoms. The van der Waals surface area contributed by atoms with E-state index in [0.29, 0.717) is 5.82 Å². The van der Waals surface area contributed by atoms with E-state index >= 15 is 0 Å². The fourth-order valence-electron chi connectivity index (χ4n) is 2.43. The van der Waals surface area contributed by atoms with Crippen molar-refractivity contribution in [3.63, 3.8) is 0 Å². The molecule has 0 atom stereocenters. The van der Waals surface area contributed by atoms with E-state index in [0.717, 1.165) is 26.5 Å². The van der Waals surface area contributed by atoms with Gasteiger partial charge in [-0.2, -0.15) is 4.98 Å².